The molecule has 1 aliphatic rings. The fourth-order valence-electron chi connectivity index (χ4n) is 3.81. The van der Waals surface area contributed by atoms with Crippen LogP contribution in [0.2, 0.25) is 0 Å². The zero-order valence-electron chi connectivity index (χ0n) is 19.0. The van der Waals surface area contributed by atoms with E-state index in [2.05, 4.69) is 28.6 Å². The lowest BCUT2D eigenvalue weighted by Gasteiger charge is -2.30. The van der Waals surface area contributed by atoms with Crippen LogP contribution in [0.25, 0.3) is 0 Å². The monoisotopic (exact) mass is 570 g/mol. The highest BCUT2D eigenvalue weighted by atomic mass is 127. The van der Waals surface area contributed by atoms with Gasteiger partial charge in [-0.1, -0.05) is 31.5 Å². The number of rotatable bonds is 9. The molecular formula is C24H35IN4O2S. The number of nitrogens with zero attached hydrogens (tertiary/aromatic N) is 2. The molecule has 3 rings (SSSR count). The number of aliphatic imine (C=N–C) groups is 1. The maximum atomic E-state index is 12.2. The molecule has 0 saturated heterocycles. The highest BCUT2D eigenvalue weighted by Gasteiger charge is 2.26. The summed E-state index contributed by atoms with van der Waals surface area (Å²) in [4.78, 5) is 9.07. The molecule has 6 nitrogen and oxygen atoms in total. The van der Waals surface area contributed by atoms with E-state index in [1.807, 2.05) is 43.3 Å². The topological polar surface area (TPSA) is 75.6 Å². The molecule has 1 saturated carbocycles. The van der Waals surface area contributed by atoms with Crippen LogP contribution >= 0.6 is 24.0 Å². The van der Waals surface area contributed by atoms with Crippen molar-refractivity contribution in [3.63, 3.8) is 0 Å². The number of pyridine rings is 1. The Kier molecular flexibility index (Phi) is 12.0. The summed E-state index contributed by atoms with van der Waals surface area (Å²) in [5, 5.41) is 7.20. The Hall–Kier alpha value is -1.68. The maximum absolute atomic E-state index is 12.2. The SMILES string of the molecule is CCNC(=NCc1cccc(OCc2ccccn2)c1)NC1CCCC(S(=O)CC)C1.I. The minimum atomic E-state index is -0.724. The summed E-state index contributed by atoms with van der Waals surface area (Å²) in [6.45, 7) is 5.88. The highest BCUT2D eigenvalue weighted by molar-refractivity contribution is 14.0. The Balaban J connectivity index is 0.00000363. The minimum absolute atomic E-state index is 0. The van der Waals surface area contributed by atoms with Crippen LogP contribution in [0, 0.1) is 0 Å². The Labute approximate surface area is 211 Å². The van der Waals surface area contributed by atoms with E-state index in [9.17, 15) is 4.21 Å². The van der Waals surface area contributed by atoms with Crippen LogP contribution in [0.5, 0.6) is 5.75 Å². The van der Waals surface area contributed by atoms with Crippen molar-refractivity contribution < 1.29 is 8.95 Å². The van der Waals surface area contributed by atoms with Crippen molar-refractivity contribution in [2.24, 2.45) is 4.99 Å². The summed E-state index contributed by atoms with van der Waals surface area (Å²) in [6, 6.07) is 14.2. The van der Waals surface area contributed by atoms with E-state index in [-0.39, 0.29) is 24.0 Å². The number of nitrogens with one attached hydrogen (secondary N) is 2. The second-order valence-corrected chi connectivity index (χ2v) is 9.76. The molecule has 0 bridgehead atoms. The number of hydrogen-bond acceptors (Lipinski definition) is 4. The minimum Gasteiger partial charge on any atom is -0.487 e. The highest BCUT2D eigenvalue weighted by Crippen LogP contribution is 2.23. The van der Waals surface area contributed by atoms with Crippen molar-refractivity contribution in [2.45, 2.75) is 64.0 Å². The number of ether oxygens (including phenoxy) is 1. The van der Waals surface area contributed by atoms with E-state index in [4.69, 9.17) is 9.73 Å². The van der Waals surface area contributed by atoms with Crippen LogP contribution < -0.4 is 15.4 Å². The van der Waals surface area contributed by atoms with Gasteiger partial charge in [-0.3, -0.25) is 9.19 Å². The van der Waals surface area contributed by atoms with Crippen LogP contribution in [0.3, 0.4) is 0 Å². The molecule has 1 aromatic carbocycles. The van der Waals surface area contributed by atoms with Gasteiger partial charge in [-0.05, 0) is 56.0 Å². The van der Waals surface area contributed by atoms with Crippen LogP contribution in [-0.2, 0) is 24.0 Å². The Morgan fingerprint density at radius 2 is 2.09 bits per heavy atom. The molecule has 1 aliphatic carbocycles. The first-order valence-corrected chi connectivity index (χ1v) is 12.6. The first-order valence-electron chi connectivity index (χ1n) is 11.2. The zero-order chi connectivity index (χ0) is 21.9. The van der Waals surface area contributed by atoms with Gasteiger partial charge in [-0.25, -0.2) is 4.99 Å². The fourth-order valence-corrected chi connectivity index (χ4v) is 5.16. The predicted octanol–water partition coefficient (Wildman–Crippen LogP) is 4.41. The number of guanidine groups is 1. The predicted molar refractivity (Wildman–Crippen MR) is 143 cm³/mol. The summed E-state index contributed by atoms with van der Waals surface area (Å²) in [5.74, 6) is 2.37. The molecule has 8 heteroatoms. The van der Waals surface area contributed by atoms with Crippen LogP contribution in [0.15, 0.2) is 53.7 Å². The van der Waals surface area contributed by atoms with Gasteiger partial charge in [-0.2, -0.15) is 0 Å². The quantitative estimate of drug-likeness (QED) is 0.266. The first kappa shape index (κ1) is 26.6. The number of aromatic nitrogens is 1. The summed E-state index contributed by atoms with van der Waals surface area (Å²) >= 11 is 0. The number of halogens is 1. The largest absolute Gasteiger partial charge is 0.487 e. The molecule has 2 aromatic rings. The fraction of sp³-hybridized carbons (Fsp3) is 0.500. The van der Waals surface area contributed by atoms with Crippen LogP contribution in [-0.4, -0.2) is 38.7 Å². The molecule has 3 atom stereocenters. The Morgan fingerprint density at radius 1 is 1.22 bits per heavy atom. The van der Waals surface area contributed by atoms with Gasteiger partial charge in [0.2, 0.25) is 0 Å². The smallest absolute Gasteiger partial charge is 0.191 e. The third kappa shape index (κ3) is 8.69. The maximum Gasteiger partial charge on any atom is 0.191 e. The molecule has 1 fully saturated rings. The Morgan fingerprint density at radius 3 is 2.84 bits per heavy atom. The van der Waals surface area contributed by atoms with Gasteiger partial charge in [0.15, 0.2) is 5.96 Å². The second-order valence-electron chi connectivity index (χ2n) is 7.75. The normalized spacial score (nSPS) is 19.5. The molecule has 32 heavy (non-hydrogen) atoms. The van der Waals surface area contributed by atoms with Gasteiger partial charge in [0.25, 0.3) is 0 Å². The van der Waals surface area contributed by atoms with Crippen molar-refractivity contribution >= 4 is 40.7 Å². The van der Waals surface area contributed by atoms with Gasteiger partial charge >= 0.3 is 0 Å². The summed E-state index contributed by atoms with van der Waals surface area (Å²) < 4.78 is 18.1. The molecule has 0 amide bonds. The summed E-state index contributed by atoms with van der Waals surface area (Å²) in [6.07, 6.45) is 5.99. The zero-order valence-corrected chi connectivity index (χ0v) is 22.1. The van der Waals surface area contributed by atoms with E-state index in [0.717, 1.165) is 60.9 Å². The van der Waals surface area contributed by atoms with Gasteiger partial charge in [0.05, 0.1) is 12.2 Å². The average molecular weight is 571 g/mol. The van der Waals surface area contributed by atoms with Crippen molar-refractivity contribution in [1.29, 1.82) is 0 Å². The second kappa shape index (κ2) is 14.5. The van der Waals surface area contributed by atoms with Crippen molar-refractivity contribution in [2.75, 3.05) is 12.3 Å². The van der Waals surface area contributed by atoms with Gasteiger partial charge in [-0.15, -0.1) is 24.0 Å². The third-order valence-electron chi connectivity index (χ3n) is 5.40. The van der Waals surface area contributed by atoms with E-state index >= 15 is 0 Å². The molecule has 0 spiro atoms. The van der Waals surface area contributed by atoms with E-state index in [1.54, 1.807) is 6.20 Å². The molecule has 0 aliphatic heterocycles. The standard InChI is InChI=1S/C24H34N4O2S.HI/c1-3-25-24(28-20-11-8-13-23(16-20)31(29)4-2)27-17-19-9-7-12-22(15-19)30-18-21-10-5-6-14-26-21;/h5-7,9-10,12,14-15,20,23H,3-4,8,11,13,16-18H2,1-2H3,(H2,25,27,28);1H. The van der Waals surface area contributed by atoms with E-state index in [1.165, 1.54) is 0 Å². The lowest BCUT2D eigenvalue weighted by Crippen LogP contribution is -2.46. The molecule has 1 aromatic heterocycles. The lowest BCUT2D eigenvalue weighted by molar-refractivity contribution is 0.301. The van der Waals surface area contributed by atoms with Crippen molar-refractivity contribution in [3.05, 3.63) is 59.9 Å². The molecule has 1 heterocycles. The summed E-state index contributed by atoms with van der Waals surface area (Å²) in [5.41, 5.74) is 1.99. The number of benzene rings is 1. The van der Waals surface area contributed by atoms with Gasteiger partial charge in [0, 0.05) is 40.6 Å². The number of hydrogen-bond donors (Lipinski definition) is 2. The van der Waals surface area contributed by atoms with Gasteiger partial charge < -0.3 is 15.4 Å². The van der Waals surface area contributed by atoms with E-state index < -0.39 is 10.8 Å². The van der Waals surface area contributed by atoms with Crippen molar-refractivity contribution in [3.8, 4) is 5.75 Å². The molecule has 176 valence electrons. The van der Waals surface area contributed by atoms with Crippen LogP contribution in [0.1, 0.15) is 50.8 Å². The van der Waals surface area contributed by atoms with Crippen molar-refractivity contribution in [1.82, 2.24) is 15.6 Å². The van der Waals surface area contributed by atoms with Gasteiger partial charge in [0.1, 0.15) is 12.4 Å². The summed E-state index contributed by atoms with van der Waals surface area (Å²) in [7, 11) is -0.724. The van der Waals surface area contributed by atoms with Crippen LogP contribution in [0.4, 0.5) is 0 Å². The molecule has 3 unspecified atom stereocenters. The Bertz CT molecular complexity index is 866. The molecule has 0 radical (unpaired) electrons. The average Bonchev–Trinajstić information content (AvgIpc) is 2.82. The molecular weight excluding hydrogens is 535 g/mol. The van der Waals surface area contributed by atoms with E-state index in [0.29, 0.717) is 24.4 Å². The lowest BCUT2D eigenvalue weighted by atomic mass is 9.95. The molecule has 2 N–H and O–H groups in total. The third-order valence-corrected chi connectivity index (χ3v) is 7.14. The first-order chi connectivity index (χ1) is 15.2.